The molecule has 0 aliphatic heterocycles. The van der Waals surface area contributed by atoms with E-state index in [1.54, 1.807) is 13.8 Å². The number of amides is 1. The predicted octanol–water partition coefficient (Wildman–Crippen LogP) is 2.60. The lowest BCUT2D eigenvalue weighted by Gasteiger charge is -2.25. The third kappa shape index (κ3) is 4.55. The van der Waals surface area contributed by atoms with Crippen LogP contribution in [0.5, 0.6) is 0 Å². The van der Waals surface area contributed by atoms with Crippen molar-refractivity contribution in [3.63, 3.8) is 0 Å². The molecule has 6 heteroatoms. The largest absolute Gasteiger partial charge is 0.416 e. The summed E-state index contributed by atoms with van der Waals surface area (Å²) in [5, 5.41) is 11.5. The number of alkyl halides is 3. The van der Waals surface area contributed by atoms with Crippen LogP contribution >= 0.6 is 0 Å². The van der Waals surface area contributed by atoms with Crippen molar-refractivity contribution in [3.05, 3.63) is 35.4 Å². The van der Waals surface area contributed by atoms with Crippen molar-refractivity contribution in [2.75, 3.05) is 6.61 Å². The zero-order valence-corrected chi connectivity index (χ0v) is 10.7. The van der Waals surface area contributed by atoms with Gasteiger partial charge in [-0.05, 0) is 44.5 Å². The Labute approximate surface area is 109 Å². The first kappa shape index (κ1) is 15.5. The summed E-state index contributed by atoms with van der Waals surface area (Å²) in [4.78, 5) is 11.8. The molecular weight excluding hydrogens is 259 g/mol. The summed E-state index contributed by atoms with van der Waals surface area (Å²) in [6, 6.07) is 4.00. The van der Waals surface area contributed by atoms with Gasteiger partial charge < -0.3 is 10.4 Å². The van der Waals surface area contributed by atoms with E-state index >= 15 is 0 Å². The van der Waals surface area contributed by atoms with Crippen molar-refractivity contribution in [2.24, 2.45) is 0 Å². The fraction of sp³-hybridized carbons (Fsp3) is 0.462. The van der Waals surface area contributed by atoms with Gasteiger partial charge in [-0.15, -0.1) is 0 Å². The Hall–Kier alpha value is -1.56. The Bertz CT molecular complexity index is 438. The highest BCUT2D eigenvalue weighted by Crippen LogP contribution is 2.29. The molecule has 0 spiro atoms. The number of aliphatic hydroxyl groups excluding tert-OH is 1. The van der Waals surface area contributed by atoms with E-state index in [4.69, 9.17) is 5.11 Å². The van der Waals surface area contributed by atoms with Gasteiger partial charge in [0.25, 0.3) is 5.91 Å². The molecule has 1 aromatic carbocycles. The van der Waals surface area contributed by atoms with E-state index in [2.05, 4.69) is 5.32 Å². The standard InChI is InChI=1S/C13H16F3NO2/c1-12(2,7-8-18)17-11(19)9-3-5-10(6-4-9)13(14,15)16/h3-6,18H,7-8H2,1-2H3,(H,17,19). The fourth-order valence-corrected chi connectivity index (χ4v) is 1.53. The van der Waals surface area contributed by atoms with E-state index in [1.165, 1.54) is 0 Å². The highest BCUT2D eigenvalue weighted by atomic mass is 19.4. The van der Waals surface area contributed by atoms with Crippen molar-refractivity contribution in [1.29, 1.82) is 0 Å². The van der Waals surface area contributed by atoms with Crippen LogP contribution in [0, 0.1) is 0 Å². The van der Waals surface area contributed by atoms with Gasteiger partial charge in [0.15, 0.2) is 0 Å². The van der Waals surface area contributed by atoms with Gasteiger partial charge in [0.1, 0.15) is 0 Å². The molecule has 0 bridgehead atoms. The number of nitrogens with one attached hydrogen (secondary N) is 1. The van der Waals surface area contributed by atoms with Crippen molar-refractivity contribution >= 4 is 5.91 Å². The molecule has 1 aromatic rings. The van der Waals surface area contributed by atoms with Gasteiger partial charge >= 0.3 is 6.18 Å². The molecule has 0 atom stereocenters. The van der Waals surface area contributed by atoms with Gasteiger partial charge in [0.05, 0.1) is 5.56 Å². The van der Waals surface area contributed by atoms with Crippen molar-refractivity contribution in [2.45, 2.75) is 32.0 Å². The monoisotopic (exact) mass is 275 g/mol. The van der Waals surface area contributed by atoms with Crippen molar-refractivity contribution in [3.8, 4) is 0 Å². The smallest absolute Gasteiger partial charge is 0.396 e. The van der Waals surface area contributed by atoms with Crippen LogP contribution in [0.15, 0.2) is 24.3 Å². The molecule has 0 saturated carbocycles. The maximum absolute atomic E-state index is 12.4. The van der Waals surface area contributed by atoms with E-state index in [0.29, 0.717) is 6.42 Å². The number of hydrogen-bond acceptors (Lipinski definition) is 2. The van der Waals surface area contributed by atoms with Crippen LogP contribution in [0.3, 0.4) is 0 Å². The molecule has 2 N–H and O–H groups in total. The molecule has 3 nitrogen and oxygen atoms in total. The lowest BCUT2D eigenvalue weighted by atomic mass is 10.0. The quantitative estimate of drug-likeness (QED) is 0.887. The summed E-state index contributed by atoms with van der Waals surface area (Å²) < 4.78 is 37.1. The van der Waals surface area contributed by atoms with Crippen LogP contribution in [-0.4, -0.2) is 23.2 Å². The second kappa shape index (κ2) is 5.61. The molecule has 0 saturated heterocycles. The molecule has 19 heavy (non-hydrogen) atoms. The lowest BCUT2D eigenvalue weighted by Crippen LogP contribution is -2.44. The van der Waals surface area contributed by atoms with Gasteiger partial charge in [-0.25, -0.2) is 0 Å². The first-order valence-electron chi connectivity index (χ1n) is 5.76. The zero-order valence-electron chi connectivity index (χ0n) is 10.7. The second-order valence-electron chi connectivity index (χ2n) is 4.89. The fourth-order valence-electron chi connectivity index (χ4n) is 1.53. The average Bonchev–Trinajstić information content (AvgIpc) is 2.27. The van der Waals surface area contributed by atoms with Gasteiger partial charge in [-0.2, -0.15) is 13.2 Å². The predicted molar refractivity (Wildman–Crippen MR) is 64.7 cm³/mol. The van der Waals surface area contributed by atoms with Gasteiger partial charge in [0, 0.05) is 17.7 Å². The van der Waals surface area contributed by atoms with Crippen LogP contribution in [0.1, 0.15) is 36.2 Å². The Morgan fingerprint density at radius 1 is 1.21 bits per heavy atom. The molecule has 0 fully saturated rings. The number of aliphatic hydroxyl groups is 1. The number of benzene rings is 1. The van der Waals surface area contributed by atoms with E-state index in [9.17, 15) is 18.0 Å². The van der Waals surface area contributed by atoms with Gasteiger partial charge in [-0.1, -0.05) is 0 Å². The van der Waals surface area contributed by atoms with Gasteiger partial charge in [0.2, 0.25) is 0 Å². The van der Waals surface area contributed by atoms with E-state index in [1.807, 2.05) is 0 Å². The molecule has 1 rings (SSSR count). The Balaban J connectivity index is 2.79. The first-order valence-corrected chi connectivity index (χ1v) is 5.76. The molecule has 0 aliphatic carbocycles. The van der Waals surface area contributed by atoms with Crippen molar-refractivity contribution in [1.82, 2.24) is 5.32 Å². The maximum atomic E-state index is 12.4. The molecule has 1 amide bonds. The summed E-state index contributed by atoms with van der Waals surface area (Å²) in [7, 11) is 0. The average molecular weight is 275 g/mol. The molecule has 0 heterocycles. The molecule has 0 aliphatic rings. The summed E-state index contributed by atoms with van der Waals surface area (Å²) in [6.45, 7) is 3.37. The number of carbonyl (C=O) groups is 1. The topological polar surface area (TPSA) is 49.3 Å². The van der Waals surface area contributed by atoms with Crippen LogP contribution < -0.4 is 5.32 Å². The van der Waals surface area contributed by atoms with Crippen molar-refractivity contribution < 1.29 is 23.1 Å². The van der Waals surface area contributed by atoms with Crippen LogP contribution in [-0.2, 0) is 6.18 Å². The molecule has 0 radical (unpaired) electrons. The third-order valence-corrected chi connectivity index (χ3v) is 2.66. The summed E-state index contributed by atoms with van der Waals surface area (Å²) in [5.41, 5.74) is -1.26. The summed E-state index contributed by atoms with van der Waals surface area (Å²) in [5.74, 6) is -0.466. The number of rotatable bonds is 4. The second-order valence-corrected chi connectivity index (χ2v) is 4.89. The number of halogens is 3. The minimum atomic E-state index is -4.41. The summed E-state index contributed by atoms with van der Waals surface area (Å²) >= 11 is 0. The van der Waals surface area contributed by atoms with Crippen LogP contribution in [0.4, 0.5) is 13.2 Å². The zero-order chi connectivity index (χ0) is 14.7. The van der Waals surface area contributed by atoms with Crippen LogP contribution in [0.25, 0.3) is 0 Å². The minimum Gasteiger partial charge on any atom is -0.396 e. The van der Waals surface area contributed by atoms with E-state index < -0.39 is 23.2 Å². The maximum Gasteiger partial charge on any atom is 0.416 e. The lowest BCUT2D eigenvalue weighted by molar-refractivity contribution is -0.137. The number of carbonyl (C=O) groups excluding carboxylic acids is 1. The van der Waals surface area contributed by atoms with E-state index in [-0.39, 0.29) is 12.2 Å². The Morgan fingerprint density at radius 3 is 2.16 bits per heavy atom. The van der Waals surface area contributed by atoms with E-state index in [0.717, 1.165) is 24.3 Å². The highest BCUT2D eigenvalue weighted by Gasteiger charge is 2.30. The normalized spacial score (nSPS) is 12.3. The summed E-state index contributed by atoms with van der Waals surface area (Å²) in [6.07, 6.45) is -4.05. The molecule has 0 aromatic heterocycles. The third-order valence-electron chi connectivity index (χ3n) is 2.66. The first-order chi connectivity index (χ1) is 8.65. The molecular formula is C13H16F3NO2. The minimum absolute atomic E-state index is 0.0830. The Kier molecular flexibility index (Phi) is 4.57. The Morgan fingerprint density at radius 2 is 1.74 bits per heavy atom. The van der Waals surface area contributed by atoms with Gasteiger partial charge in [-0.3, -0.25) is 4.79 Å². The molecule has 0 unspecified atom stereocenters. The highest BCUT2D eigenvalue weighted by molar-refractivity contribution is 5.94. The molecule has 106 valence electrons. The number of hydrogen-bond donors (Lipinski definition) is 2. The SMILES string of the molecule is CC(C)(CCO)NC(=O)c1ccc(C(F)(F)F)cc1. The van der Waals surface area contributed by atoms with Crippen LogP contribution in [0.2, 0.25) is 0 Å².